The molecular weight excluding hydrogens is 584 g/mol. The van der Waals surface area contributed by atoms with Gasteiger partial charge in [-0.25, -0.2) is 22.9 Å². The molecule has 2 aromatic carbocycles. The summed E-state index contributed by atoms with van der Waals surface area (Å²) >= 11 is 0.117. The lowest BCUT2D eigenvalue weighted by molar-refractivity contribution is -0.120. The van der Waals surface area contributed by atoms with E-state index in [-0.39, 0.29) is 46.3 Å². The highest BCUT2D eigenvalue weighted by Crippen LogP contribution is 2.32. The number of unbranched alkanes of at least 4 members (excludes halogenated alkanes) is 1. The van der Waals surface area contributed by atoms with Crippen LogP contribution in [-0.4, -0.2) is 40.7 Å². The van der Waals surface area contributed by atoms with E-state index in [1.807, 2.05) is 6.92 Å². The second kappa shape index (κ2) is 14.3. The highest BCUT2D eigenvalue weighted by Gasteiger charge is 2.26. The normalized spacial score (nSPS) is 14.3. The first kappa shape index (κ1) is 31.7. The van der Waals surface area contributed by atoms with Crippen molar-refractivity contribution in [3.05, 3.63) is 65.6 Å². The minimum atomic E-state index is -4.13. The minimum absolute atomic E-state index is 0.0203. The predicted octanol–water partition coefficient (Wildman–Crippen LogP) is 6.73. The molecule has 1 aliphatic carbocycles. The molecular formula is C30H35F2N3O5S2. The fraction of sp³-hybridized carbons (Fsp3) is 0.433. The first-order valence-electron chi connectivity index (χ1n) is 14.1. The first-order chi connectivity index (χ1) is 20.1. The second-order valence-electron chi connectivity index (χ2n) is 10.5. The number of rotatable bonds is 13. The number of nitrogens with one attached hydrogen (secondary N) is 1. The van der Waals surface area contributed by atoms with Crippen LogP contribution in [0.1, 0.15) is 80.2 Å². The third-order valence-electron chi connectivity index (χ3n) is 7.40. The van der Waals surface area contributed by atoms with Gasteiger partial charge in [-0.2, -0.15) is 8.78 Å². The minimum Gasteiger partial charge on any atom is -0.476 e. The predicted molar refractivity (Wildman–Crippen MR) is 157 cm³/mol. The molecule has 1 aliphatic rings. The van der Waals surface area contributed by atoms with Gasteiger partial charge in [-0.15, -0.1) is 0 Å². The van der Waals surface area contributed by atoms with Crippen molar-refractivity contribution >= 4 is 33.7 Å². The number of alkyl halides is 2. The number of carbonyl (C=O) groups excluding carboxylic acids is 1. The van der Waals surface area contributed by atoms with Crippen LogP contribution in [0, 0.1) is 5.92 Å². The number of carboxylic acid groups (broad SMARTS) is 1. The Morgan fingerprint density at radius 1 is 1.10 bits per heavy atom. The van der Waals surface area contributed by atoms with Crippen molar-refractivity contribution in [2.45, 2.75) is 86.9 Å². The molecule has 12 heteroatoms. The molecule has 1 saturated carbocycles. The smallest absolute Gasteiger partial charge is 0.355 e. The van der Waals surface area contributed by atoms with E-state index in [9.17, 15) is 31.9 Å². The number of aryl methyl sites for hydroxylation is 1. The summed E-state index contributed by atoms with van der Waals surface area (Å²) in [4.78, 5) is 28.9. The summed E-state index contributed by atoms with van der Waals surface area (Å²) < 4.78 is 56.4. The van der Waals surface area contributed by atoms with E-state index in [1.54, 1.807) is 42.5 Å². The Balaban J connectivity index is 1.57. The number of hydrogen-bond donors (Lipinski definition) is 2. The van der Waals surface area contributed by atoms with Crippen LogP contribution in [0.3, 0.4) is 0 Å². The Hall–Kier alpha value is -3.25. The summed E-state index contributed by atoms with van der Waals surface area (Å²) in [5.74, 6) is -4.04. The zero-order valence-corrected chi connectivity index (χ0v) is 25.0. The molecule has 0 radical (unpaired) electrons. The summed E-state index contributed by atoms with van der Waals surface area (Å²) in [5.41, 5.74) is 1.40. The highest BCUT2D eigenvalue weighted by atomic mass is 32.2. The topological polar surface area (TPSA) is 118 Å². The number of nitrogens with zero attached hydrogens (tertiary/aromatic N) is 2. The summed E-state index contributed by atoms with van der Waals surface area (Å²) in [5, 5.41) is 9.61. The van der Waals surface area contributed by atoms with E-state index in [0.717, 1.165) is 44.9 Å². The van der Waals surface area contributed by atoms with Gasteiger partial charge in [-0.05, 0) is 54.1 Å². The number of carbonyl (C=O) groups is 2. The Morgan fingerprint density at radius 3 is 2.43 bits per heavy atom. The Bertz CT molecular complexity index is 1500. The quantitative estimate of drug-likeness (QED) is 0.204. The molecule has 42 heavy (non-hydrogen) atoms. The molecule has 0 saturated heterocycles. The zero-order valence-electron chi connectivity index (χ0n) is 23.4. The van der Waals surface area contributed by atoms with E-state index in [1.165, 1.54) is 10.6 Å². The molecule has 0 unspecified atom stereocenters. The van der Waals surface area contributed by atoms with Crippen LogP contribution in [0.4, 0.5) is 8.78 Å². The number of benzene rings is 2. The Kier molecular flexibility index (Phi) is 10.8. The van der Waals surface area contributed by atoms with Gasteiger partial charge in [0.2, 0.25) is 5.91 Å². The van der Waals surface area contributed by atoms with Gasteiger partial charge in [0.1, 0.15) is 10.9 Å². The van der Waals surface area contributed by atoms with Gasteiger partial charge in [0.05, 0.1) is 4.90 Å². The van der Waals surface area contributed by atoms with Crippen LogP contribution in [0.15, 0.2) is 58.5 Å². The highest BCUT2D eigenvalue weighted by molar-refractivity contribution is 7.99. The van der Waals surface area contributed by atoms with Crippen LogP contribution < -0.4 is 4.72 Å². The number of carboxylic acids is 1. The number of imidazole rings is 1. The number of amides is 1. The Labute approximate surface area is 249 Å². The molecule has 0 bridgehead atoms. The number of hydrogen-bond acceptors (Lipinski definition) is 6. The van der Waals surface area contributed by atoms with E-state index in [0.29, 0.717) is 28.9 Å². The summed E-state index contributed by atoms with van der Waals surface area (Å²) in [7, 11) is -4.13. The van der Waals surface area contributed by atoms with E-state index < -0.39 is 27.7 Å². The largest absolute Gasteiger partial charge is 0.476 e. The van der Waals surface area contributed by atoms with Crippen LogP contribution in [0.25, 0.3) is 11.1 Å². The Morgan fingerprint density at radius 2 is 1.79 bits per heavy atom. The van der Waals surface area contributed by atoms with Crippen molar-refractivity contribution < 1.29 is 31.9 Å². The monoisotopic (exact) mass is 619 g/mol. The van der Waals surface area contributed by atoms with Gasteiger partial charge in [0, 0.05) is 24.9 Å². The molecule has 3 aromatic rings. The fourth-order valence-electron chi connectivity index (χ4n) is 5.36. The lowest BCUT2D eigenvalue weighted by Gasteiger charge is -2.21. The van der Waals surface area contributed by atoms with Gasteiger partial charge < -0.3 is 9.67 Å². The molecule has 8 nitrogen and oxygen atoms in total. The molecule has 226 valence electrons. The molecule has 0 spiro atoms. The van der Waals surface area contributed by atoms with Gasteiger partial charge in [-0.3, -0.25) is 4.79 Å². The van der Waals surface area contributed by atoms with Crippen LogP contribution >= 0.6 is 11.8 Å². The van der Waals surface area contributed by atoms with Crippen molar-refractivity contribution in [3.8, 4) is 11.1 Å². The van der Waals surface area contributed by atoms with Gasteiger partial charge >= 0.3 is 5.97 Å². The zero-order chi connectivity index (χ0) is 30.3. The molecule has 2 N–H and O–H groups in total. The van der Waals surface area contributed by atoms with Crippen molar-refractivity contribution in [2.24, 2.45) is 5.92 Å². The molecule has 0 atom stereocenters. The van der Waals surface area contributed by atoms with Crippen molar-refractivity contribution in [3.63, 3.8) is 0 Å². The summed E-state index contributed by atoms with van der Waals surface area (Å²) in [6.07, 6.45) is 7.27. The maximum Gasteiger partial charge on any atom is 0.355 e. The average molecular weight is 620 g/mol. The van der Waals surface area contributed by atoms with Gasteiger partial charge in [0.25, 0.3) is 15.8 Å². The van der Waals surface area contributed by atoms with Crippen LogP contribution in [0.5, 0.6) is 0 Å². The average Bonchev–Trinajstić information content (AvgIpc) is 3.28. The molecule has 1 heterocycles. The van der Waals surface area contributed by atoms with Gasteiger partial charge in [-0.1, -0.05) is 75.1 Å². The lowest BCUT2D eigenvalue weighted by atomic mass is 9.87. The number of thioether (sulfide) groups is 1. The molecule has 1 fully saturated rings. The van der Waals surface area contributed by atoms with Crippen molar-refractivity contribution in [2.75, 3.05) is 0 Å². The molecule has 0 aliphatic heterocycles. The first-order valence-corrected chi connectivity index (χ1v) is 16.5. The fourth-order valence-corrected chi connectivity index (χ4v) is 7.22. The van der Waals surface area contributed by atoms with Crippen molar-refractivity contribution in [1.29, 1.82) is 0 Å². The van der Waals surface area contributed by atoms with E-state index in [2.05, 4.69) is 9.71 Å². The third kappa shape index (κ3) is 7.97. The maximum atomic E-state index is 13.2. The second-order valence-corrected chi connectivity index (χ2v) is 13.1. The SMILES string of the molecule is CCCCc1nc(SC(F)F)c(C(=O)O)n1Cc1ccc(-c2ccccc2S(=O)(=O)NC(=O)CC2CCCCC2)cc1. The van der Waals surface area contributed by atoms with Crippen LogP contribution in [0.2, 0.25) is 0 Å². The lowest BCUT2D eigenvalue weighted by Crippen LogP contribution is -2.32. The third-order valence-corrected chi connectivity index (χ3v) is 9.52. The van der Waals surface area contributed by atoms with E-state index >= 15 is 0 Å². The van der Waals surface area contributed by atoms with Crippen LogP contribution in [-0.2, 0) is 27.8 Å². The molecule has 1 aromatic heterocycles. The van der Waals surface area contributed by atoms with E-state index in [4.69, 9.17) is 0 Å². The number of aromatic carboxylic acids is 1. The number of aromatic nitrogens is 2. The summed E-state index contributed by atoms with van der Waals surface area (Å²) in [6.45, 7) is 2.06. The number of sulfonamides is 1. The maximum absolute atomic E-state index is 13.2. The number of halogens is 2. The van der Waals surface area contributed by atoms with Gasteiger partial charge in [0.15, 0.2) is 5.69 Å². The van der Waals surface area contributed by atoms with Crippen molar-refractivity contribution in [1.82, 2.24) is 14.3 Å². The standard InChI is InChI=1S/C30H35F2N3O5S2/c1-2-3-13-25-33-28(41-30(31)32)27(29(37)38)35(25)19-21-14-16-22(17-15-21)23-11-7-8-12-24(23)42(39,40)34-26(36)18-20-9-5-4-6-10-20/h7-8,11-12,14-17,20,30H,2-6,9-10,13,18-19H2,1H3,(H,34,36)(H,37,38). The molecule has 4 rings (SSSR count). The molecule has 1 amide bonds. The summed E-state index contributed by atoms with van der Waals surface area (Å²) in [6, 6.07) is 13.3.